The molecule has 180 valence electrons. The van der Waals surface area contributed by atoms with Crippen molar-refractivity contribution < 1.29 is 9.47 Å². The fourth-order valence-electron chi connectivity index (χ4n) is 4.27. The lowest BCUT2D eigenvalue weighted by atomic mass is 10.1. The maximum Gasteiger partial charge on any atom is 0.188 e. The Kier molecular flexibility index (Phi) is 6.95. The number of nitrogens with zero attached hydrogens (tertiary/aromatic N) is 5. The lowest BCUT2D eigenvalue weighted by Crippen LogP contribution is -2.44. The summed E-state index contributed by atoms with van der Waals surface area (Å²) in [6.07, 6.45) is 2.53. The number of anilines is 2. The van der Waals surface area contributed by atoms with Crippen LogP contribution in [-0.2, 0) is 0 Å². The molecule has 0 atom stereocenters. The second kappa shape index (κ2) is 10.4. The number of thiazole rings is 1. The van der Waals surface area contributed by atoms with Crippen molar-refractivity contribution in [3.8, 4) is 17.6 Å². The second-order valence-corrected chi connectivity index (χ2v) is 9.67. The Hall–Kier alpha value is -3.45. The van der Waals surface area contributed by atoms with Gasteiger partial charge in [-0.15, -0.1) is 0 Å². The first kappa shape index (κ1) is 23.3. The minimum absolute atomic E-state index is 0.444. The molecule has 5 rings (SSSR count). The minimum Gasteiger partial charge on any atom is -0.493 e. The predicted molar refractivity (Wildman–Crippen MR) is 140 cm³/mol. The van der Waals surface area contributed by atoms with Crippen LogP contribution in [0.1, 0.15) is 12.0 Å². The molecular formula is C26H28N6O2S. The number of hydrogen-bond donors (Lipinski definition) is 1. The summed E-state index contributed by atoms with van der Waals surface area (Å²) in [5.74, 6) is 1.27. The van der Waals surface area contributed by atoms with E-state index in [0.717, 1.165) is 65.4 Å². The number of pyridine rings is 1. The Morgan fingerprint density at radius 3 is 2.71 bits per heavy atom. The van der Waals surface area contributed by atoms with Gasteiger partial charge in [0.05, 0.1) is 40.7 Å². The van der Waals surface area contributed by atoms with Crippen LogP contribution < -0.4 is 14.8 Å². The van der Waals surface area contributed by atoms with Crippen LogP contribution in [-0.4, -0.2) is 73.3 Å². The van der Waals surface area contributed by atoms with Crippen LogP contribution in [0.25, 0.3) is 21.1 Å². The number of methoxy groups -OCH3 is 1. The third kappa shape index (κ3) is 5.15. The molecule has 3 heterocycles. The number of hydrogen-bond acceptors (Lipinski definition) is 9. The second-order valence-electron chi connectivity index (χ2n) is 8.64. The van der Waals surface area contributed by atoms with Gasteiger partial charge in [-0.05, 0) is 31.7 Å². The number of nitriles is 1. The van der Waals surface area contributed by atoms with E-state index >= 15 is 0 Å². The molecule has 1 N–H and O–H groups in total. The topological polar surface area (TPSA) is 86.5 Å². The van der Waals surface area contributed by atoms with Crippen molar-refractivity contribution in [2.45, 2.75) is 6.42 Å². The van der Waals surface area contributed by atoms with Crippen LogP contribution >= 0.6 is 11.3 Å². The number of rotatable bonds is 8. The summed E-state index contributed by atoms with van der Waals surface area (Å²) in [7, 11) is 3.79. The van der Waals surface area contributed by atoms with Gasteiger partial charge in [-0.25, -0.2) is 4.98 Å². The largest absolute Gasteiger partial charge is 0.493 e. The molecule has 0 amide bonds. The van der Waals surface area contributed by atoms with Gasteiger partial charge in [0.1, 0.15) is 6.07 Å². The monoisotopic (exact) mass is 488 g/mol. The highest BCUT2D eigenvalue weighted by molar-refractivity contribution is 7.22. The van der Waals surface area contributed by atoms with Crippen LogP contribution in [0.15, 0.2) is 42.6 Å². The number of piperazine rings is 1. The van der Waals surface area contributed by atoms with E-state index in [4.69, 9.17) is 9.47 Å². The van der Waals surface area contributed by atoms with Gasteiger partial charge in [-0.1, -0.05) is 23.5 Å². The molecule has 4 aromatic rings. The van der Waals surface area contributed by atoms with Crippen molar-refractivity contribution >= 4 is 43.3 Å². The Balaban J connectivity index is 1.36. The molecule has 2 aromatic heterocycles. The van der Waals surface area contributed by atoms with Crippen molar-refractivity contribution in [3.63, 3.8) is 0 Å². The SMILES string of the molecule is COc1cc2c(Nc3nc4ccccc4s3)c(C#N)cnc2cc1OCCCN1CCN(C)CC1. The van der Waals surface area contributed by atoms with Crippen LogP contribution in [0.4, 0.5) is 10.8 Å². The molecule has 8 nitrogen and oxygen atoms in total. The minimum atomic E-state index is 0.444. The fraction of sp³-hybridized carbons (Fsp3) is 0.346. The summed E-state index contributed by atoms with van der Waals surface area (Å²) in [6, 6.07) is 14.0. The van der Waals surface area contributed by atoms with Gasteiger partial charge in [0, 0.05) is 50.4 Å². The van der Waals surface area contributed by atoms with Crippen LogP contribution in [0.5, 0.6) is 11.5 Å². The van der Waals surface area contributed by atoms with Crippen LogP contribution in [0.3, 0.4) is 0 Å². The maximum atomic E-state index is 9.73. The van der Waals surface area contributed by atoms with Crippen molar-refractivity contribution in [2.24, 2.45) is 0 Å². The summed E-state index contributed by atoms with van der Waals surface area (Å²) in [5, 5.41) is 14.6. The Bertz CT molecular complexity index is 1340. The summed E-state index contributed by atoms with van der Waals surface area (Å²) in [4.78, 5) is 14.0. The summed E-state index contributed by atoms with van der Waals surface area (Å²) >= 11 is 1.54. The molecule has 2 aromatic carbocycles. The Labute approximate surface area is 208 Å². The van der Waals surface area contributed by atoms with E-state index in [1.807, 2.05) is 36.4 Å². The highest BCUT2D eigenvalue weighted by Gasteiger charge is 2.17. The van der Waals surface area contributed by atoms with E-state index in [9.17, 15) is 5.26 Å². The van der Waals surface area contributed by atoms with Crippen LogP contribution in [0.2, 0.25) is 0 Å². The number of para-hydroxylation sites is 1. The molecule has 1 aliphatic rings. The standard InChI is InChI=1S/C26H28N6O2S/c1-31-9-11-32(12-10-31)8-5-13-34-23-15-21-19(14-22(23)33-2)25(18(16-27)17-28-21)30-26-29-20-6-3-4-7-24(20)35-26/h3-4,6-7,14-15,17H,5,8-13H2,1-2H3,(H,28,29,30). The van der Waals surface area contributed by atoms with Gasteiger partial charge in [-0.2, -0.15) is 5.26 Å². The van der Waals surface area contributed by atoms with E-state index in [1.165, 1.54) is 0 Å². The summed E-state index contributed by atoms with van der Waals surface area (Å²) < 4.78 is 12.8. The number of fused-ring (bicyclic) bond motifs is 2. The zero-order chi connectivity index (χ0) is 24.2. The number of aromatic nitrogens is 2. The van der Waals surface area contributed by atoms with Gasteiger partial charge in [-0.3, -0.25) is 4.98 Å². The number of nitrogens with one attached hydrogen (secondary N) is 1. The lowest BCUT2D eigenvalue weighted by Gasteiger charge is -2.32. The average molecular weight is 489 g/mol. The summed E-state index contributed by atoms with van der Waals surface area (Å²) in [6.45, 7) is 6.05. The molecule has 0 bridgehead atoms. The van der Waals surface area contributed by atoms with Gasteiger partial charge in [0.15, 0.2) is 16.6 Å². The Morgan fingerprint density at radius 2 is 1.94 bits per heavy atom. The lowest BCUT2D eigenvalue weighted by molar-refractivity contribution is 0.145. The quantitative estimate of drug-likeness (QED) is 0.363. The Morgan fingerprint density at radius 1 is 1.11 bits per heavy atom. The molecule has 1 fully saturated rings. The van der Waals surface area contributed by atoms with Gasteiger partial charge < -0.3 is 24.6 Å². The zero-order valence-electron chi connectivity index (χ0n) is 20.0. The van der Waals surface area contributed by atoms with E-state index in [2.05, 4.69) is 38.2 Å². The molecule has 0 unspecified atom stereocenters. The molecule has 0 saturated carbocycles. The van der Waals surface area contributed by atoms with Crippen molar-refractivity contribution in [1.82, 2.24) is 19.8 Å². The first-order chi connectivity index (χ1) is 17.1. The molecule has 1 aliphatic heterocycles. The molecule has 1 saturated heterocycles. The van der Waals surface area contributed by atoms with Crippen molar-refractivity contribution in [2.75, 3.05) is 58.8 Å². The number of benzene rings is 2. The first-order valence-electron chi connectivity index (χ1n) is 11.7. The third-order valence-corrected chi connectivity index (χ3v) is 7.22. The molecule has 0 radical (unpaired) electrons. The van der Waals surface area contributed by atoms with E-state index in [0.29, 0.717) is 29.4 Å². The molecule has 35 heavy (non-hydrogen) atoms. The number of likely N-dealkylation sites (N-methyl/N-ethyl adjacent to an activating group) is 1. The number of ether oxygens (including phenoxy) is 2. The van der Waals surface area contributed by atoms with Crippen LogP contribution in [0, 0.1) is 11.3 Å². The smallest absolute Gasteiger partial charge is 0.188 e. The van der Waals surface area contributed by atoms with E-state index < -0.39 is 0 Å². The van der Waals surface area contributed by atoms with Crippen molar-refractivity contribution in [3.05, 3.63) is 48.2 Å². The highest BCUT2D eigenvalue weighted by Crippen LogP contribution is 2.38. The molecule has 9 heteroatoms. The molecular weight excluding hydrogens is 460 g/mol. The molecule has 0 aliphatic carbocycles. The van der Waals surface area contributed by atoms with Gasteiger partial charge >= 0.3 is 0 Å². The zero-order valence-corrected chi connectivity index (χ0v) is 20.8. The highest BCUT2D eigenvalue weighted by atomic mass is 32.1. The normalized spacial score (nSPS) is 14.8. The third-order valence-electron chi connectivity index (χ3n) is 6.27. The van der Waals surface area contributed by atoms with E-state index in [1.54, 1.807) is 24.6 Å². The fourth-order valence-corrected chi connectivity index (χ4v) is 5.14. The maximum absolute atomic E-state index is 9.73. The van der Waals surface area contributed by atoms with Crippen molar-refractivity contribution in [1.29, 1.82) is 5.26 Å². The summed E-state index contributed by atoms with van der Waals surface area (Å²) in [5.41, 5.74) is 2.75. The van der Waals surface area contributed by atoms with E-state index in [-0.39, 0.29) is 0 Å². The first-order valence-corrected chi connectivity index (χ1v) is 12.5. The molecule has 0 spiro atoms. The average Bonchev–Trinajstić information content (AvgIpc) is 3.30. The predicted octanol–water partition coefficient (Wildman–Crippen LogP) is 4.48. The van der Waals surface area contributed by atoms with Gasteiger partial charge in [0.2, 0.25) is 0 Å². The van der Waals surface area contributed by atoms with Gasteiger partial charge in [0.25, 0.3) is 0 Å².